The van der Waals surface area contributed by atoms with Crippen molar-refractivity contribution in [2.75, 3.05) is 20.2 Å². The first-order valence-corrected chi connectivity index (χ1v) is 11.1. The van der Waals surface area contributed by atoms with Gasteiger partial charge in [-0.2, -0.15) is 0 Å². The summed E-state index contributed by atoms with van der Waals surface area (Å²) in [5.41, 5.74) is 1.54. The summed E-state index contributed by atoms with van der Waals surface area (Å²) in [5.74, 6) is -0.745. The van der Waals surface area contributed by atoms with E-state index in [1.165, 1.54) is 6.07 Å². The van der Waals surface area contributed by atoms with Crippen LogP contribution >= 0.6 is 0 Å². The van der Waals surface area contributed by atoms with Gasteiger partial charge in [-0.25, -0.2) is 8.78 Å². The first-order valence-electron chi connectivity index (χ1n) is 11.1. The van der Waals surface area contributed by atoms with Crippen molar-refractivity contribution in [1.82, 2.24) is 10.2 Å². The lowest BCUT2D eigenvalue weighted by molar-refractivity contribution is -0.133. The van der Waals surface area contributed by atoms with E-state index in [0.717, 1.165) is 42.8 Å². The molecule has 2 aromatic carbocycles. The molecule has 1 heterocycles. The van der Waals surface area contributed by atoms with E-state index in [0.29, 0.717) is 37.8 Å². The number of likely N-dealkylation sites (tertiary alicyclic amines) is 1. The molecule has 172 valence electrons. The number of piperidine rings is 1. The van der Waals surface area contributed by atoms with E-state index < -0.39 is 11.6 Å². The molecule has 0 aliphatic carbocycles. The number of nitrogens with one attached hydrogen (secondary N) is 1. The summed E-state index contributed by atoms with van der Waals surface area (Å²) in [4.78, 5) is 26.8. The molecule has 1 fully saturated rings. The summed E-state index contributed by atoms with van der Waals surface area (Å²) in [6.07, 6.45) is 4.03. The molecule has 1 aliphatic heterocycles. The molecule has 1 aliphatic rings. The Bertz CT molecular complexity index is 935. The van der Waals surface area contributed by atoms with E-state index in [1.54, 1.807) is 7.11 Å². The van der Waals surface area contributed by atoms with Gasteiger partial charge in [0, 0.05) is 32.5 Å². The highest BCUT2D eigenvalue weighted by molar-refractivity contribution is 5.77. The Labute approximate surface area is 187 Å². The molecule has 1 N–H and O–H groups in total. The minimum Gasteiger partial charge on any atom is -0.496 e. The third-order valence-electron chi connectivity index (χ3n) is 5.93. The number of methoxy groups -OCH3 is 1. The molecular weight excluding hydrogens is 414 g/mol. The molecular formula is C25H30F2N2O3. The van der Waals surface area contributed by atoms with E-state index in [9.17, 15) is 18.4 Å². The maximum Gasteiger partial charge on any atom is 0.222 e. The van der Waals surface area contributed by atoms with E-state index in [1.807, 2.05) is 29.2 Å². The number of carbonyl (C=O) groups excluding carboxylic acids is 2. The molecule has 0 unspecified atom stereocenters. The zero-order valence-corrected chi connectivity index (χ0v) is 18.4. The minimum absolute atomic E-state index is 0.128. The van der Waals surface area contributed by atoms with Crippen molar-refractivity contribution in [1.29, 1.82) is 0 Å². The first kappa shape index (κ1) is 23.7. The van der Waals surface area contributed by atoms with Crippen molar-refractivity contribution in [3.8, 4) is 5.75 Å². The van der Waals surface area contributed by atoms with E-state index >= 15 is 0 Å². The first-order chi connectivity index (χ1) is 15.5. The molecule has 7 heteroatoms. The van der Waals surface area contributed by atoms with Crippen LogP contribution in [0.4, 0.5) is 8.78 Å². The second kappa shape index (κ2) is 11.6. The van der Waals surface area contributed by atoms with Crippen LogP contribution in [0.15, 0.2) is 42.5 Å². The summed E-state index contributed by atoms with van der Waals surface area (Å²) in [7, 11) is 1.63. The SMILES string of the molecule is COc1ccccc1CCC(=O)N1CCC[C@@H](CCC(=O)NCc2ccc(F)c(F)c2)C1. The smallest absolute Gasteiger partial charge is 0.222 e. The fraction of sp³-hybridized carbons (Fsp3) is 0.440. The normalized spacial score (nSPS) is 16.0. The molecule has 1 atom stereocenters. The lowest BCUT2D eigenvalue weighted by Gasteiger charge is -2.33. The maximum atomic E-state index is 13.3. The summed E-state index contributed by atoms with van der Waals surface area (Å²) in [5, 5.41) is 2.75. The van der Waals surface area contributed by atoms with Gasteiger partial charge in [-0.05, 0) is 60.9 Å². The number of ether oxygens (including phenoxy) is 1. The van der Waals surface area contributed by atoms with E-state index in [4.69, 9.17) is 4.74 Å². The average molecular weight is 445 g/mol. The fourth-order valence-corrected chi connectivity index (χ4v) is 4.11. The molecule has 0 saturated carbocycles. The van der Waals surface area contributed by atoms with Gasteiger partial charge in [-0.15, -0.1) is 0 Å². The topological polar surface area (TPSA) is 58.6 Å². The zero-order chi connectivity index (χ0) is 22.9. The Morgan fingerprint density at radius 1 is 1.12 bits per heavy atom. The van der Waals surface area contributed by atoms with Crippen molar-refractivity contribution in [2.24, 2.45) is 5.92 Å². The third-order valence-corrected chi connectivity index (χ3v) is 5.93. The van der Waals surface area contributed by atoms with Gasteiger partial charge in [0.15, 0.2) is 11.6 Å². The fourth-order valence-electron chi connectivity index (χ4n) is 4.11. The molecule has 2 amide bonds. The van der Waals surface area contributed by atoms with Crippen LogP contribution in [-0.4, -0.2) is 36.9 Å². The highest BCUT2D eigenvalue weighted by Crippen LogP contribution is 2.23. The van der Waals surface area contributed by atoms with Crippen LogP contribution in [0.1, 0.15) is 43.2 Å². The number of amides is 2. The number of hydrogen-bond acceptors (Lipinski definition) is 3. The summed E-state index contributed by atoms with van der Waals surface area (Å²) in [6.45, 7) is 1.58. The molecule has 3 rings (SSSR count). The Hall–Kier alpha value is -2.96. The van der Waals surface area contributed by atoms with Gasteiger partial charge in [0.1, 0.15) is 5.75 Å². The van der Waals surface area contributed by atoms with Crippen molar-refractivity contribution in [2.45, 2.75) is 45.1 Å². The number of carbonyl (C=O) groups is 2. The van der Waals surface area contributed by atoms with Gasteiger partial charge >= 0.3 is 0 Å². The molecule has 5 nitrogen and oxygen atoms in total. The molecule has 0 bridgehead atoms. The van der Waals surface area contributed by atoms with Gasteiger partial charge in [0.2, 0.25) is 11.8 Å². The average Bonchev–Trinajstić information content (AvgIpc) is 2.82. The van der Waals surface area contributed by atoms with Crippen molar-refractivity contribution < 1.29 is 23.1 Å². The van der Waals surface area contributed by atoms with Gasteiger partial charge in [-0.1, -0.05) is 24.3 Å². The summed E-state index contributed by atoms with van der Waals surface area (Å²) in [6, 6.07) is 11.3. The number of aryl methyl sites for hydroxylation is 1. The molecule has 2 aromatic rings. The van der Waals surface area contributed by atoms with Gasteiger partial charge in [0.05, 0.1) is 7.11 Å². The van der Waals surface area contributed by atoms with Crippen LogP contribution in [-0.2, 0) is 22.6 Å². The number of benzene rings is 2. The second-order valence-corrected chi connectivity index (χ2v) is 8.22. The number of rotatable bonds is 9. The zero-order valence-electron chi connectivity index (χ0n) is 18.4. The van der Waals surface area contributed by atoms with Crippen LogP contribution in [0.3, 0.4) is 0 Å². The molecule has 0 aromatic heterocycles. The van der Waals surface area contributed by atoms with Crippen molar-refractivity contribution in [3.63, 3.8) is 0 Å². The lowest BCUT2D eigenvalue weighted by atomic mass is 9.93. The summed E-state index contributed by atoms with van der Waals surface area (Å²) >= 11 is 0. The van der Waals surface area contributed by atoms with E-state index in [2.05, 4.69) is 5.32 Å². The van der Waals surface area contributed by atoms with Gasteiger partial charge < -0.3 is 15.0 Å². The maximum absolute atomic E-state index is 13.3. The number of nitrogens with zero attached hydrogens (tertiary/aromatic N) is 1. The Morgan fingerprint density at radius 3 is 2.72 bits per heavy atom. The van der Waals surface area contributed by atoms with Crippen molar-refractivity contribution >= 4 is 11.8 Å². The van der Waals surface area contributed by atoms with E-state index in [-0.39, 0.29) is 24.3 Å². The minimum atomic E-state index is -0.922. The van der Waals surface area contributed by atoms with Crippen molar-refractivity contribution in [3.05, 3.63) is 65.2 Å². The predicted octanol–water partition coefficient (Wildman–Crippen LogP) is 4.24. The van der Waals surface area contributed by atoms with Crippen LogP contribution in [0, 0.1) is 17.6 Å². The third kappa shape index (κ3) is 6.77. The Balaban J connectivity index is 1.40. The monoisotopic (exact) mass is 444 g/mol. The van der Waals surface area contributed by atoms with Crippen LogP contribution in [0.25, 0.3) is 0 Å². The number of halogens is 2. The second-order valence-electron chi connectivity index (χ2n) is 8.22. The van der Waals surface area contributed by atoms with Crippen LogP contribution in [0.5, 0.6) is 5.75 Å². The molecule has 0 radical (unpaired) electrons. The highest BCUT2D eigenvalue weighted by Gasteiger charge is 2.24. The summed E-state index contributed by atoms with van der Waals surface area (Å²) < 4.78 is 31.6. The quantitative estimate of drug-likeness (QED) is 0.629. The van der Waals surface area contributed by atoms with Crippen LogP contribution < -0.4 is 10.1 Å². The van der Waals surface area contributed by atoms with Gasteiger partial charge in [0.25, 0.3) is 0 Å². The lowest BCUT2D eigenvalue weighted by Crippen LogP contribution is -2.40. The largest absolute Gasteiger partial charge is 0.496 e. The predicted molar refractivity (Wildman–Crippen MR) is 118 cm³/mol. The van der Waals surface area contributed by atoms with Gasteiger partial charge in [-0.3, -0.25) is 9.59 Å². The molecule has 32 heavy (non-hydrogen) atoms. The Morgan fingerprint density at radius 2 is 1.94 bits per heavy atom. The highest BCUT2D eigenvalue weighted by atomic mass is 19.2. The number of hydrogen-bond donors (Lipinski definition) is 1. The molecule has 0 spiro atoms. The van der Waals surface area contributed by atoms with Crippen LogP contribution in [0.2, 0.25) is 0 Å². The standard InChI is InChI=1S/C25H30F2N2O3/c1-32-23-7-3-2-6-20(23)10-13-25(31)29-14-4-5-18(17-29)9-12-24(30)28-16-19-8-11-21(26)22(27)15-19/h2-3,6-8,11,15,18H,4-5,9-10,12-14,16-17H2,1H3,(H,28,30)/t18-/m0/s1. The number of para-hydroxylation sites is 1. The Kier molecular flexibility index (Phi) is 8.59. The molecule has 1 saturated heterocycles.